The van der Waals surface area contributed by atoms with Crippen LogP contribution >= 0.6 is 11.3 Å². The summed E-state index contributed by atoms with van der Waals surface area (Å²) in [4.78, 5) is 13.5. The summed E-state index contributed by atoms with van der Waals surface area (Å²) in [5.74, 6) is 0.506. The van der Waals surface area contributed by atoms with E-state index < -0.39 is 0 Å². The zero-order valence-corrected chi connectivity index (χ0v) is 15.0. The fourth-order valence-electron chi connectivity index (χ4n) is 3.13. The molecule has 0 bridgehead atoms. The van der Waals surface area contributed by atoms with E-state index in [9.17, 15) is 10.1 Å². The van der Waals surface area contributed by atoms with E-state index in [0.29, 0.717) is 17.9 Å². The van der Waals surface area contributed by atoms with E-state index in [-0.39, 0.29) is 5.91 Å². The maximum atomic E-state index is 12.2. The van der Waals surface area contributed by atoms with E-state index in [0.717, 1.165) is 36.2 Å². The number of carbonyl (C=O) groups excluding carboxylic acids is 1. The number of hydrogen-bond acceptors (Lipinski definition) is 3. The molecule has 1 heterocycles. The van der Waals surface area contributed by atoms with E-state index in [1.807, 2.05) is 0 Å². The fourth-order valence-corrected chi connectivity index (χ4v) is 4.38. The molecule has 0 fully saturated rings. The van der Waals surface area contributed by atoms with Gasteiger partial charge in [-0.25, -0.2) is 0 Å². The SMILES string of the molecule is CC(C)c1ccc(CCC(=O)Nc2sc3c(c2C#N)CCC3)cc1. The topological polar surface area (TPSA) is 52.9 Å². The van der Waals surface area contributed by atoms with Crippen molar-refractivity contribution in [3.05, 3.63) is 51.4 Å². The van der Waals surface area contributed by atoms with Gasteiger partial charge >= 0.3 is 0 Å². The number of thiophene rings is 1. The molecule has 0 saturated heterocycles. The molecule has 0 spiro atoms. The van der Waals surface area contributed by atoms with Crippen molar-refractivity contribution in [3.63, 3.8) is 0 Å². The summed E-state index contributed by atoms with van der Waals surface area (Å²) in [6, 6.07) is 10.7. The summed E-state index contributed by atoms with van der Waals surface area (Å²) in [6.45, 7) is 4.35. The van der Waals surface area contributed by atoms with Crippen molar-refractivity contribution in [3.8, 4) is 6.07 Å². The van der Waals surface area contributed by atoms with Crippen molar-refractivity contribution in [2.45, 2.75) is 51.9 Å². The average molecular weight is 338 g/mol. The molecular weight excluding hydrogens is 316 g/mol. The van der Waals surface area contributed by atoms with Gasteiger partial charge in [0.25, 0.3) is 0 Å². The Morgan fingerprint density at radius 2 is 2.04 bits per heavy atom. The molecule has 0 saturated carbocycles. The lowest BCUT2D eigenvalue weighted by Crippen LogP contribution is -2.12. The Morgan fingerprint density at radius 3 is 2.71 bits per heavy atom. The lowest BCUT2D eigenvalue weighted by Gasteiger charge is -2.07. The van der Waals surface area contributed by atoms with Gasteiger partial charge in [0.1, 0.15) is 11.1 Å². The van der Waals surface area contributed by atoms with Crippen molar-refractivity contribution in [1.82, 2.24) is 0 Å². The van der Waals surface area contributed by atoms with E-state index in [1.54, 1.807) is 11.3 Å². The normalized spacial score (nSPS) is 12.9. The van der Waals surface area contributed by atoms with Crippen LogP contribution in [0.3, 0.4) is 0 Å². The molecule has 0 radical (unpaired) electrons. The molecule has 1 aliphatic rings. The monoisotopic (exact) mass is 338 g/mol. The molecule has 1 aliphatic carbocycles. The summed E-state index contributed by atoms with van der Waals surface area (Å²) in [5.41, 5.74) is 4.32. The number of rotatable bonds is 5. The van der Waals surface area contributed by atoms with Gasteiger partial charge in [-0.05, 0) is 48.3 Å². The zero-order chi connectivity index (χ0) is 17.1. The number of benzene rings is 1. The highest BCUT2D eigenvalue weighted by Crippen LogP contribution is 2.38. The van der Waals surface area contributed by atoms with Gasteiger partial charge < -0.3 is 5.32 Å². The number of hydrogen-bond donors (Lipinski definition) is 1. The van der Waals surface area contributed by atoms with E-state index in [1.165, 1.54) is 16.0 Å². The molecule has 1 amide bonds. The number of amides is 1. The highest BCUT2D eigenvalue weighted by molar-refractivity contribution is 7.16. The summed E-state index contributed by atoms with van der Waals surface area (Å²) >= 11 is 1.57. The predicted octanol–water partition coefficient (Wildman–Crippen LogP) is 4.80. The largest absolute Gasteiger partial charge is 0.317 e. The van der Waals surface area contributed by atoms with Crippen molar-refractivity contribution in [2.75, 3.05) is 5.32 Å². The van der Waals surface area contributed by atoms with Gasteiger partial charge in [0.2, 0.25) is 5.91 Å². The number of nitrogens with one attached hydrogen (secondary N) is 1. The van der Waals surface area contributed by atoms with Crippen LogP contribution in [0.2, 0.25) is 0 Å². The third kappa shape index (κ3) is 3.52. The van der Waals surface area contributed by atoms with Crippen LogP contribution in [0, 0.1) is 11.3 Å². The highest BCUT2D eigenvalue weighted by atomic mass is 32.1. The number of anilines is 1. The molecule has 3 nitrogen and oxygen atoms in total. The van der Waals surface area contributed by atoms with Crippen LogP contribution in [0.5, 0.6) is 0 Å². The van der Waals surface area contributed by atoms with Gasteiger partial charge in [0, 0.05) is 11.3 Å². The van der Waals surface area contributed by atoms with E-state index in [2.05, 4.69) is 49.5 Å². The zero-order valence-electron chi connectivity index (χ0n) is 14.2. The highest BCUT2D eigenvalue weighted by Gasteiger charge is 2.22. The Bertz CT molecular complexity index is 781. The molecule has 24 heavy (non-hydrogen) atoms. The number of aryl methyl sites for hydroxylation is 2. The molecule has 4 heteroatoms. The lowest BCUT2D eigenvalue weighted by molar-refractivity contribution is -0.116. The van der Waals surface area contributed by atoms with Gasteiger partial charge in [0.15, 0.2) is 0 Å². The smallest absolute Gasteiger partial charge is 0.225 e. The fraction of sp³-hybridized carbons (Fsp3) is 0.400. The Labute approximate surface area is 147 Å². The van der Waals surface area contributed by atoms with Crippen molar-refractivity contribution >= 4 is 22.2 Å². The van der Waals surface area contributed by atoms with Gasteiger partial charge in [-0.2, -0.15) is 5.26 Å². The number of nitriles is 1. The summed E-state index contributed by atoms with van der Waals surface area (Å²) in [7, 11) is 0. The first-order chi connectivity index (χ1) is 11.6. The van der Waals surface area contributed by atoms with Gasteiger partial charge in [0.05, 0.1) is 5.56 Å². The third-order valence-corrected chi connectivity index (χ3v) is 5.78. The van der Waals surface area contributed by atoms with Crippen LogP contribution in [0.1, 0.15) is 59.7 Å². The first-order valence-electron chi connectivity index (χ1n) is 8.51. The maximum absolute atomic E-state index is 12.2. The minimum atomic E-state index is -0.0145. The average Bonchev–Trinajstić information content (AvgIpc) is 3.13. The molecule has 3 rings (SSSR count). The second-order valence-electron chi connectivity index (χ2n) is 6.62. The Balaban J connectivity index is 1.59. The molecular formula is C20H22N2OS. The summed E-state index contributed by atoms with van der Waals surface area (Å²) in [6.07, 6.45) is 4.28. The molecule has 0 aliphatic heterocycles. The second-order valence-corrected chi connectivity index (χ2v) is 7.72. The molecule has 2 aromatic rings. The number of fused-ring (bicyclic) bond motifs is 1. The molecule has 0 atom stereocenters. The van der Waals surface area contributed by atoms with Crippen LogP contribution in [0.15, 0.2) is 24.3 Å². The molecule has 1 aromatic heterocycles. The van der Waals surface area contributed by atoms with Crippen LogP contribution in [0.4, 0.5) is 5.00 Å². The van der Waals surface area contributed by atoms with E-state index in [4.69, 9.17) is 0 Å². The molecule has 124 valence electrons. The molecule has 1 aromatic carbocycles. The van der Waals surface area contributed by atoms with Crippen LogP contribution in [0.25, 0.3) is 0 Å². The third-order valence-electron chi connectivity index (χ3n) is 4.57. The van der Waals surface area contributed by atoms with Gasteiger partial charge in [-0.1, -0.05) is 38.1 Å². The second kappa shape index (κ2) is 7.19. The Hall–Kier alpha value is -2.12. The van der Waals surface area contributed by atoms with Crippen molar-refractivity contribution < 1.29 is 4.79 Å². The van der Waals surface area contributed by atoms with Crippen LogP contribution in [-0.2, 0) is 24.1 Å². The maximum Gasteiger partial charge on any atom is 0.225 e. The quantitative estimate of drug-likeness (QED) is 0.851. The minimum absolute atomic E-state index is 0.0145. The van der Waals surface area contributed by atoms with Gasteiger partial charge in [-0.3, -0.25) is 4.79 Å². The van der Waals surface area contributed by atoms with Crippen molar-refractivity contribution in [2.24, 2.45) is 0 Å². The standard InChI is InChI=1S/C20H22N2OS/c1-13(2)15-9-6-14(7-10-15)8-11-19(23)22-20-17(12-21)16-4-3-5-18(16)24-20/h6-7,9-10,13H,3-5,8,11H2,1-2H3,(H,22,23). The summed E-state index contributed by atoms with van der Waals surface area (Å²) < 4.78 is 0. The van der Waals surface area contributed by atoms with Crippen molar-refractivity contribution in [1.29, 1.82) is 5.26 Å². The Morgan fingerprint density at radius 1 is 1.29 bits per heavy atom. The van der Waals surface area contributed by atoms with Crippen LogP contribution < -0.4 is 5.32 Å². The summed E-state index contributed by atoms with van der Waals surface area (Å²) in [5, 5.41) is 13.1. The number of carbonyl (C=O) groups is 1. The van der Waals surface area contributed by atoms with Crippen LogP contribution in [-0.4, -0.2) is 5.91 Å². The van der Waals surface area contributed by atoms with Gasteiger partial charge in [-0.15, -0.1) is 11.3 Å². The Kier molecular flexibility index (Phi) is 5.01. The first-order valence-corrected chi connectivity index (χ1v) is 9.33. The predicted molar refractivity (Wildman–Crippen MR) is 98.5 cm³/mol. The van der Waals surface area contributed by atoms with E-state index >= 15 is 0 Å². The first kappa shape index (κ1) is 16.7. The molecule has 0 unspecified atom stereocenters. The minimum Gasteiger partial charge on any atom is -0.317 e. The number of nitrogens with zero attached hydrogens (tertiary/aromatic N) is 1. The lowest BCUT2D eigenvalue weighted by atomic mass is 10.0. The molecule has 1 N–H and O–H groups in total.